The van der Waals surface area contributed by atoms with Gasteiger partial charge in [-0.3, -0.25) is 14.4 Å². The van der Waals surface area contributed by atoms with Crippen LogP contribution >= 0.6 is 0 Å². The predicted molar refractivity (Wildman–Crippen MR) is 275 cm³/mol. The van der Waals surface area contributed by atoms with E-state index in [0.29, 0.717) is 19.3 Å². The van der Waals surface area contributed by atoms with Crippen LogP contribution in [0.15, 0.2) is 0 Å². The Balaban J connectivity index is 4.26. The lowest BCUT2D eigenvalue weighted by Gasteiger charge is -2.18. The third-order valence-electron chi connectivity index (χ3n) is 13.7. The van der Waals surface area contributed by atoms with Crippen molar-refractivity contribution in [1.82, 2.24) is 0 Å². The van der Waals surface area contributed by atoms with Crippen molar-refractivity contribution < 1.29 is 28.6 Å². The molecule has 6 nitrogen and oxygen atoms in total. The second-order valence-electron chi connectivity index (χ2n) is 20.2. The summed E-state index contributed by atoms with van der Waals surface area (Å²) in [7, 11) is 0. The summed E-state index contributed by atoms with van der Waals surface area (Å²) >= 11 is 0. The van der Waals surface area contributed by atoms with E-state index in [1.807, 2.05) is 0 Å². The molecule has 0 aliphatic rings. The van der Waals surface area contributed by atoms with E-state index in [1.54, 1.807) is 0 Å². The van der Waals surface area contributed by atoms with Gasteiger partial charge in [0.15, 0.2) is 6.10 Å². The van der Waals surface area contributed by atoms with E-state index in [0.717, 1.165) is 63.7 Å². The van der Waals surface area contributed by atoms with Gasteiger partial charge in [-0.05, 0) is 25.2 Å². The van der Waals surface area contributed by atoms with Crippen LogP contribution in [0.3, 0.4) is 0 Å². The normalized spacial score (nSPS) is 12.4. The van der Waals surface area contributed by atoms with Gasteiger partial charge in [0, 0.05) is 19.3 Å². The molecule has 0 saturated carbocycles. The molecule has 0 amide bonds. The van der Waals surface area contributed by atoms with E-state index in [1.165, 1.54) is 225 Å². The quantitative estimate of drug-likeness (QED) is 0.0344. The molecule has 0 N–H and O–H groups in total. The van der Waals surface area contributed by atoms with Crippen LogP contribution in [0, 0.1) is 5.92 Å². The second-order valence-corrected chi connectivity index (χ2v) is 20.2. The molecule has 0 aromatic carbocycles. The Labute approximate surface area is 399 Å². The first kappa shape index (κ1) is 62.4. The topological polar surface area (TPSA) is 78.9 Å². The lowest BCUT2D eigenvalue weighted by atomic mass is 9.99. The zero-order valence-corrected chi connectivity index (χ0v) is 43.8. The molecule has 1 unspecified atom stereocenters. The van der Waals surface area contributed by atoms with Crippen molar-refractivity contribution >= 4 is 17.9 Å². The van der Waals surface area contributed by atoms with E-state index in [9.17, 15) is 14.4 Å². The lowest BCUT2D eigenvalue weighted by Crippen LogP contribution is -2.30. The highest BCUT2D eigenvalue weighted by molar-refractivity contribution is 5.71. The Morgan fingerprint density at radius 2 is 0.547 bits per heavy atom. The molecule has 0 aliphatic carbocycles. The number of hydrogen-bond donors (Lipinski definition) is 0. The molecular weight excluding hydrogens is 793 g/mol. The van der Waals surface area contributed by atoms with Crippen LogP contribution in [0.25, 0.3) is 0 Å². The van der Waals surface area contributed by atoms with Gasteiger partial charge in [-0.2, -0.15) is 0 Å². The van der Waals surface area contributed by atoms with Gasteiger partial charge in [0.1, 0.15) is 13.2 Å². The first-order valence-corrected chi connectivity index (χ1v) is 28.9. The molecule has 380 valence electrons. The summed E-state index contributed by atoms with van der Waals surface area (Å²) in [5, 5.41) is 0. The zero-order valence-electron chi connectivity index (χ0n) is 43.8. The largest absolute Gasteiger partial charge is 0.462 e. The summed E-state index contributed by atoms with van der Waals surface area (Å²) in [6.07, 6.45) is 56.6. The molecule has 2 atom stereocenters. The summed E-state index contributed by atoms with van der Waals surface area (Å²) in [5.74, 6) is 0.0594. The van der Waals surface area contributed by atoms with Crippen molar-refractivity contribution in [2.75, 3.05) is 13.2 Å². The fraction of sp³-hybridized carbons (Fsp3) is 0.948. The molecule has 0 fully saturated rings. The molecule has 0 saturated heterocycles. The second kappa shape index (κ2) is 52.4. The van der Waals surface area contributed by atoms with Crippen LogP contribution in [0.4, 0.5) is 0 Å². The van der Waals surface area contributed by atoms with Crippen molar-refractivity contribution in [3.8, 4) is 0 Å². The predicted octanol–water partition coefficient (Wildman–Crippen LogP) is 19.0. The van der Waals surface area contributed by atoms with Crippen molar-refractivity contribution in [2.24, 2.45) is 5.92 Å². The standard InChI is InChI=1S/C58H112O6/c1-5-8-10-12-14-16-18-19-20-21-22-27-31-35-39-43-47-51-58(61)64-55(52-62-56(59)49-45-41-37-33-28-17-15-13-11-9-6-2)53-63-57(60)50-46-42-38-34-30-26-24-23-25-29-32-36-40-44-48-54(4)7-3/h54-55H,5-53H2,1-4H3/t54?,55-/m0/s1. The smallest absolute Gasteiger partial charge is 0.306 e. The lowest BCUT2D eigenvalue weighted by molar-refractivity contribution is -0.167. The van der Waals surface area contributed by atoms with Crippen molar-refractivity contribution in [3.05, 3.63) is 0 Å². The maximum absolute atomic E-state index is 12.8. The summed E-state index contributed by atoms with van der Waals surface area (Å²) in [4.78, 5) is 38.1. The molecule has 0 aromatic heterocycles. The van der Waals surface area contributed by atoms with Gasteiger partial charge in [-0.15, -0.1) is 0 Å². The number of carbonyl (C=O) groups excluding carboxylic acids is 3. The molecule has 0 heterocycles. The Bertz CT molecular complexity index is 966. The summed E-state index contributed by atoms with van der Waals surface area (Å²) in [6, 6.07) is 0. The monoisotopic (exact) mass is 905 g/mol. The Hall–Kier alpha value is -1.59. The fourth-order valence-corrected chi connectivity index (χ4v) is 8.89. The Morgan fingerprint density at radius 1 is 0.312 bits per heavy atom. The minimum Gasteiger partial charge on any atom is -0.462 e. The van der Waals surface area contributed by atoms with Crippen LogP contribution in [0.5, 0.6) is 0 Å². The molecule has 6 heteroatoms. The zero-order chi connectivity index (χ0) is 46.7. The molecule has 64 heavy (non-hydrogen) atoms. The van der Waals surface area contributed by atoms with Crippen LogP contribution in [0.2, 0.25) is 0 Å². The number of esters is 3. The van der Waals surface area contributed by atoms with Crippen LogP contribution in [0.1, 0.15) is 329 Å². The van der Waals surface area contributed by atoms with Gasteiger partial charge in [0.25, 0.3) is 0 Å². The maximum atomic E-state index is 12.8. The van der Waals surface area contributed by atoms with Gasteiger partial charge < -0.3 is 14.2 Å². The van der Waals surface area contributed by atoms with E-state index < -0.39 is 6.10 Å². The maximum Gasteiger partial charge on any atom is 0.306 e. The average molecular weight is 906 g/mol. The summed E-state index contributed by atoms with van der Waals surface area (Å²) < 4.78 is 16.9. The molecule has 0 spiro atoms. The van der Waals surface area contributed by atoms with Gasteiger partial charge >= 0.3 is 17.9 Å². The molecule has 0 bridgehead atoms. The number of unbranched alkanes of at least 4 members (excludes halogenated alkanes) is 39. The summed E-state index contributed by atoms with van der Waals surface area (Å²) in [6.45, 7) is 9.09. The van der Waals surface area contributed by atoms with E-state index in [4.69, 9.17) is 14.2 Å². The molecule has 0 aromatic rings. The molecule has 0 radical (unpaired) electrons. The third kappa shape index (κ3) is 49.8. The van der Waals surface area contributed by atoms with E-state index >= 15 is 0 Å². The minimum absolute atomic E-state index is 0.0619. The first-order chi connectivity index (χ1) is 31.4. The van der Waals surface area contributed by atoms with Crippen molar-refractivity contribution in [1.29, 1.82) is 0 Å². The van der Waals surface area contributed by atoms with Gasteiger partial charge in [-0.25, -0.2) is 0 Å². The number of ether oxygens (including phenoxy) is 3. The Morgan fingerprint density at radius 3 is 0.812 bits per heavy atom. The van der Waals surface area contributed by atoms with Gasteiger partial charge in [0.2, 0.25) is 0 Å². The highest BCUT2D eigenvalue weighted by Crippen LogP contribution is 2.18. The van der Waals surface area contributed by atoms with Gasteiger partial charge in [0.05, 0.1) is 0 Å². The van der Waals surface area contributed by atoms with Crippen LogP contribution in [-0.4, -0.2) is 37.2 Å². The first-order valence-electron chi connectivity index (χ1n) is 28.9. The highest BCUT2D eigenvalue weighted by Gasteiger charge is 2.19. The van der Waals surface area contributed by atoms with Crippen LogP contribution < -0.4 is 0 Å². The highest BCUT2D eigenvalue weighted by atomic mass is 16.6. The third-order valence-corrected chi connectivity index (χ3v) is 13.7. The number of hydrogen-bond acceptors (Lipinski definition) is 6. The SMILES string of the molecule is CCCCCCCCCCCCCCCCCCCC(=O)O[C@@H](COC(=O)CCCCCCCCCCCCC)COC(=O)CCCCCCCCCCCCCCCCC(C)CC. The van der Waals surface area contributed by atoms with Crippen molar-refractivity contribution in [2.45, 2.75) is 336 Å². The Kier molecular flexibility index (Phi) is 51.1. The number of rotatable bonds is 53. The average Bonchev–Trinajstić information content (AvgIpc) is 3.29. The van der Waals surface area contributed by atoms with E-state index in [-0.39, 0.29) is 31.1 Å². The minimum atomic E-state index is -0.761. The van der Waals surface area contributed by atoms with Crippen molar-refractivity contribution in [3.63, 3.8) is 0 Å². The fourth-order valence-electron chi connectivity index (χ4n) is 8.89. The molecule has 0 aliphatic heterocycles. The summed E-state index contributed by atoms with van der Waals surface area (Å²) in [5.41, 5.74) is 0. The van der Waals surface area contributed by atoms with Gasteiger partial charge in [-0.1, -0.05) is 291 Å². The van der Waals surface area contributed by atoms with E-state index in [2.05, 4.69) is 27.7 Å². The molecule has 0 rings (SSSR count). The van der Waals surface area contributed by atoms with Crippen LogP contribution in [-0.2, 0) is 28.6 Å². The number of carbonyl (C=O) groups is 3. The molecular formula is C58H112O6.